The smallest absolute Gasteiger partial charge is 0.143 e. The molecule has 0 aliphatic carbocycles. The van der Waals surface area contributed by atoms with Gasteiger partial charge >= 0.3 is 0 Å². The summed E-state index contributed by atoms with van der Waals surface area (Å²) in [6.07, 6.45) is 3.75. The third-order valence-corrected chi connectivity index (χ3v) is 4.83. The van der Waals surface area contributed by atoms with Crippen LogP contribution in [0.15, 0.2) is 12.5 Å². The Morgan fingerprint density at radius 2 is 1.87 bits per heavy atom. The lowest BCUT2D eigenvalue weighted by Crippen LogP contribution is -2.43. The molecule has 0 spiro atoms. The van der Waals surface area contributed by atoms with E-state index in [4.69, 9.17) is 4.74 Å². The lowest BCUT2D eigenvalue weighted by molar-refractivity contribution is 0.122. The Bertz CT molecular complexity index is 658. The highest BCUT2D eigenvalue weighted by Gasteiger charge is 2.21. The Kier molecular flexibility index (Phi) is 4.15. The van der Waals surface area contributed by atoms with Gasteiger partial charge in [0.15, 0.2) is 0 Å². The number of rotatable bonds is 3. The molecule has 0 saturated carbocycles. The fourth-order valence-electron chi connectivity index (χ4n) is 3.40. The number of aromatic nitrogens is 3. The highest BCUT2D eigenvalue weighted by Crippen LogP contribution is 2.28. The first-order chi connectivity index (χ1) is 11.3. The van der Waals surface area contributed by atoms with Gasteiger partial charge in [-0.15, -0.1) is 0 Å². The second-order valence-corrected chi connectivity index (χ2v) is 6.41. The van der Waals surface area contributed by atoms with Crippen molar-refractivity contribution >= 4 is 16.9 Å². The van der Waals surface area contributed by atoms with Gasteiger partial charge in [-0.3, -0.25) is 4.90 Å². The lowest BCUT2D eigenvalue weighted by Gasteiger charge is -2.32. The van der Waals surface area contributed by atoms with Crippen LogP contribution >= 0.6 is 0 Å². The number of morpholine rings is 1. The van der Waals surface area contributed by atoms with Crippen LogP contribution in [0.2, 0.25) is 0 Å². The van der Waals surface area contributed by atoms with Crippen LogP contribution < -0.4 is 4.90 Å². The van der Waals surface area contributed by atoms with Crippen molar-refractivity contribution in [1.82, 2.24) is 24.8 Å². The van der Waals surface area contributed by atoms with E-state index in [-0.39, 0.29) is 0 Å². The second kappa shape index (κ2) is 6.43. The summed E-state index contributed by atoms with van der Waals surface area (Å²) in [5.41, 5.74) is 2.23. The average Bonchev–Trinajstić information content (AvgIpc) is 3.01. The number of fused-ring (bicyclic) bond motifs is 1. The highest BCUT2D eigenvalue weighted by atomic mass is 16.5. The number of likely N-dealkylation sites (N-methyl/N-ethyl adjacent to an activating group) is 1. The van der Waals surface area contributed by atoms with Crippen molar-refractivity contribution in [1.29, 1.82) is 0 Å². The van der Waals surface area contributed by atoms with E-state index in [0.29, 0.717) is 0 Å². The summed E-state index contributed by atoms with van der Waals surface area (Å²) in [7, 11) is 2.19. The van der Waals surface area contributed by atoms with Crippen LogP contribution in [0.1, 0.15) is 5.56 Å². The van der Waals surface area contributed by atoms with Crippen LogP contribution in [0.5, 0.6) is 0 Å². The van der Waals surface area contributed by atoms with Crippen LogP contribution in [0, 0.1) is 0 Å². The zero-order valence-corrected chi connectivity index (χ0v) is 13.7. The number of hydrogen-bond acceptors (Lipinski definition) is 6. The number of anilines is 1. The van der Waals surface area contributed by atoms with E-state index >= 15 is 0 Å². The molecule has 0 atom stereocenters. The van der Waals surface area contributed by atoms with E-state index in [1.54, 1.807) is 6.33 Å². The molecule has 4 heterocycles. The van der Waals surface area contributed by atoms with E-state index in [2.05, 4.69) is 42.9 Å². The van der Waals surface area contributed by atoms with E-state index in [0.717, 1.165) is 70.5 Å². The number of aromatic amines is 1. The topological polar surface area (TPSA) is 60.5 Å². The molecule has 7 nitrogen and oxygen atoms in total. The fraction of sp³-hybridized carbons (Fsp3) is 0.625. The Hall–Kier alpha value is -1.70. The molecule has 0 aromatic carbocycles. The number of ether oxygens (including phenoxy) is 1. The van der Waals surface area contributed by atoms with Crippen LogP contribution in [0.25, 0.3) is 11.0 Å². The maximum absolute atomic E-state index is 5.47. The van der Waals surface area contributed by atoms with E-state index < -0.39 is 0 Å². The van der Waals surface area contributed by atoms with Crippen LogP contribution in [0.3, 0.4) is 0 Å². The normalized spacial score (nSPS) is 21.2. The largest absolute Gasteiger partial charge is 0.378 e. The molecule has 2 fully saturated rings. The van der Waals surface area contributed by atoms with Gasteiger partial charge in [0.25, 0.3) is 0 Å². The molecule has 124 valence electrons. The number of hydrogen-bond donors (Lipinski definition) is 1. The highest BCUT2D eigenvalue weighted by molar-refractivity contribution is 5.90. The quantitative estimate of drug-likeness (QED) is 0.892. The Morgan fingerprint density at radius 1 is 1.09 bits per heavy atom. The van der Waals surface area contributed by atoms with Gasteiger partial charge in [-0.1, -0.05) is 0 Å². The van der Waals surface area contributed by atoms with Crippen LogP contribution in [-0.4, -0.2) is 84.3 Å². The predicted octanol–water partition coefficient (Wildman–Crippen LogP) is 0.542. The molecule has 7 heteroatoms. The first-order valence-corrected chi connectivity index (χ1v) is 8.36. The minimum atomic E-state index is 0.768. The van der Waals surface area contributed by atoms with E-state index in [1.165, 1.54) is 10.9 Å². The summed E-state index contributed by atoms with van der Waals surface area (Å²) in [5, 5.41) is 1.17. The maximum atomic E-state index is 5.47. The van der Waals surface area contributed by atoms with Crippen molar-refractivity contribution in [3.05, 3.63) is 18.1 Å². The van der Waals surface area contributed by atoms with Crippen LogP contribution in [0.4, 0.5) is 5.82 Å². The molecule has 2 saturated heterocycles. The van der Waals surface area contributed by atoms with Gasteiger partial charge in [-0.25, -0.2) is 9.97 Å². The zero-order chi connectivity index (χ0) is 15.6. The van der Waals surface area contributed by atoms with Crippen LogP contribution in [-0.2, 0) is 11.3 Å². The minimum Gasteiger partial charge on any atom is -0.378 e. The Labute approximate surface area is 136 Å². The molecule has 0 unspecified atom stereocenters. The van der Waals surface area contributed by atoms with Crippen molar-refractivity contribution in [3.8, 4) is 0 Å². The summed E-state index contributed by atoms with van der Waals surface area (Å²) in [6.45, 7) is 8.78. The lowest BCUT2D eigenvalue weighted by atomic mass is 10.2. The summed E-state index contributed by atoms with van der Waals surface area (Å²) in [5.74, 6) is 1.05. The molecule has 2 aromatic heterocycles. The molecule has 1 N–H and O–H groups in total. The molecule has 4 rings (SSSR count). The summed E-state index contributed by atoms with van der Waals surface area (Å²) < 4.78 is 5.47. The van der Waals surface area contributed by atoms with Crippen molar-refractivity contribution in [2.24, 2.45) is 0 Å². The Balaban J connectivity index is 1.62. The molecular formula is C16H24N6O. The summed E-state index contributed by atoms with van der Waals surface area (Å²) in [6, 6.07) is 0. The third-order valence-electron chi connectivity index (χ3n) is 4.83. The van der Waals surface area contributed by atoms with Gasteiger partial charge in [0.2, 0.25) is 0 Å². The first kappa shape index (κ1) is 14.9. The molecule has 2 aliphatic rings. The van der Waals surface area contributed by atoms with Gasteiger partial charge in [0.05, 0.1) is 18.6 Å². The average molecular weight is 316 g/mol. The van der Waals surface area contributed by atoms with Gasteiger partial charge in [0, 0.05) is 52.0 Å². The molecular weight excluding hydrogens is 292 g/mol. The number of H-pyrrole nitrogens is 1. The molecule has 23 heavy (non-hydrogen) atoms. The molecule has 2 aliphatic heterocycles. The zero-order valence-electron chi connectivity index (χ0n) is 13.7. The monoisotopic (exact) mass is 316 g/mol. The van der Waals surface area contributed by atoms with Gasteiger partial charge in [-0.2, -0.15) is 0 Å². The summed E-state index contributed by atoms with van der Waals surface area (Å²) >= 11 is 0. The van der Waals surface area contributed by atoms with E-state index in [9.17, 15) is 0 Å². The second-order valence-electron chi connectivity index (χ2n) is 6.41. The third kappa shape index (κ3) is 3.04. The van der Waals surface area contributed by atoms with Gasteiger partial charge in [-0.05, 0) is 12.6 Å². The maximum Gasteiger partial charge on any atom is 0.143 e. The number of piperazine rings is 1. The van der Waals surface area contributed by atoms with E-state index in [1.807, 2.05) is 0 Å². The molecule has 0 bridgehead atoms. The van der Waals surface area contributed by atoms with Crippen molar-refractivity contribution in [3.63, 3.8) is 0 Å². The SMILES string of the molecule is CN1CCN(Cc2c[nH]c3ncnc(N4CCOCC4)c23)CC1. The van der Waals surface area contributed by atoms with Gasteiger partial charge in [0.1, 0.15) is 17.8 Å². The van der Waals surface area contributed by atoms with Crippen molar-refractivity contribution in [2.75, 3.05) is 64.4 Å². The first-order valence-electron chi connectivity index (χ1n) is 8.36. The van der Waals surface area contributed by atoms with Crippen molar-refractivity contribution < 1.29 is 4.74 Å². The molecule has 2 aromatic rings. The molecule has 0 amide bonds. The number of nitrogens with one attached hydrogen (secondary N) is 1. The summed E-state index contributed by atoms with van der Waals surface area (Å²) in [4.78, 5) is 19.5. The van der Waals surface area contributed by atoms with Crippen molar-refractivity contribution in [2.45, 2.75) is 6.54 Å². The predicted molar refractivity (Wildman–Crippen MR) is 89.7 cm³/mol. The fourth-order valence-corrected chi connectivity index (χ4v) is 3.40. The molecule has 0 radical (unpaired) electrons. The van der Waals surface area contributed by atoms with Gasteiger partial charge < -0.3 is 19.5 Å². The Morgan fingerprint density at radius 3 is 2.65 bits per heavy atom. The standard InChI is InChI=1S/C16H24N6O/c1-20-2-4-21(5-3-20)11-13-10-17-15-14(13)16(19-12-18-15)22-6-8-23-9-7-22/h10,12H,2-9,11H2,1H3,(H,17,18,19). The minimum absolute atomic E-state index is 0.768. The number of nitrogens with zero attached hydrogens (tertiary/aromatic N) is 5.